The minimum Gasteiger partial charge on any atom is -0.310 e. The van der Waals surface area contributed by atoms with Crippen molar-refractivity contribution >= 4 is 6.08 Å². The fourth-order valence-corrected chi connectivity index (χ4v) is 1.79. The van der Waals surface area contributed by atoms with Crippen LogP contribution in [0.3, 0.4) is 0 Å². The molecule has 1 aromatic carbocycles. The van der Waals surface area contributed by atoms with Crippen molar-refractivity contribution in [3.05, 3.63) is 40.7 Å². The van der Waals surface area contributed by atoms with Crippen molar-refractivity contribution in [3.63, 3.8) is 0 Å². The maximum Gasteiger partial charge on any atom is 0.416 e. The molecule has 1 saturated carbocycles. The lowest BCUT2D eigenvalue weighted by Crippen LogP contribution is -2.18. The van der Waals surface area contributed by atoms with Crippen molar-refractivity contribution in [2.24, 2.45) is 0 Å². The number of alkyl halides is 3. The molecule has 0 amide bonds. The van der Waals surface area contributed by atoms with Crippen molar-refractivity contribution in [1.29, 1.82) is 0 Å². The van der Waals surface area contributed by atoms with Gasteiger partial charge in [-0.3, -0.25) is 0 Å². The van der Waals surface area contributed by atoms with Crippen molar-refractivity contribution in [2.75, 3.05) is 6.54 Å². The Morgan fingerprint density at radius 3 is 2.58 bits per heavy atom. The van der Waals surface area contributed by atoms with Crippen molar-refractivity contribution < 1.29 is 17.6 Å². The van der Waals surface area contributed by atoms with Gasteiger partial charge < -0.3 is 5.32 Å². The first-order chi connectivity index (χ1) is 8.84. The number of nitrogens with one attached hydrogen (secondary N) is 1. The first kappa shape index (κ1) is 14.1. The Morgan fingerprint density at radius 2 is 2.00 bits per heavy atom. The average Bonchev–Trinajstić information content (AvgIpc) is 3.08. The van der Waals surface area contributed by atoms with Gasteiger partial charge in [-0.2, -0.15) is 13.2 Å². The van der Waals surface area contributed by atoms with Gasteiger partial charge in [-0.1, -0.05) is 11.6 Å². The lowest BCUT2D eigenvalue weighted by molar-refractivity contribution is -0.137. The third kappa shape index (κ3) is 4.35. The Morgan fingerprint density at radius 1 is 1.32 bits per heavy atom. The van der Waals surface area contributed by atoms with Crippen LogP contribution in [0.2, 0.25) is 0 Å². The molecule has 104 valence electrons. The van der Waals surface area contributed by atoms with E-state index in [1.807, 2.05) is 6.92 Å². The number of hydrogen-bond donors (Lipinski definition) is 1. The number of halogens is 4. The van der Waals surface area contributed by atoms with Gasteiger partial charge in [0.2, 0.25) is 0 Å². The maximum atomic E-state index is 13.2. The van der Waals surface area contributed by atoms with Gasteiger partial charge in [-0.25, -0.2) is 4.39 Å². The van der Waals surface area contributed by atoms with Gasteiger partial charge in [0.1, 0.15) is 5.82 Å². The quantitative estimate of drug-likeness (QED) is 0.818. The molecular weight excluding hydrogens is 258 g/mol. The summed E-state index contributed by atoms with van der Waals surface area (Å²) < 4.78 is 50.8. The highest BCUT2D eigenvalue weighted by Gasteiger charge is 2.31. The predicted molar refractivity (Wildman–Crippen MR) is 66.1 cm³/mol. The van der Waals surface area contributed by atoms with Crippen LogP contribution < -0.4 is 5.32 Å². The fourth-order valence-electron chi connectivity index (χ4n) is 1.79. The molecule has 0 atom stereocenters. The molecule has 1 fully saturated rings. The monoisotopic (exact) mass is 273 g/mol. The van der Waals surface area contributed by atoms with Crippen LogP contribution in [0.15, 0.2) is 23.8 Å². The maximum absolute atomic E-state index is 13.2. The summed E-state index contributed by atoms with van der Waals surface area (Å²) in [4.78, 5) is 0. The average molecular weight is 273 g/mol. The smallest absolute Gasteiger partial charge is 0.310 e. The van der Waals surface area contributed by atoms with Crippen LogP contribution in [-0.4, -0.2) is 12.6 Å². The summed E-state index contributed by atoms with van der Waals surface area (Å²) in [5.41, 5.74) is 0.162. The highest BCUT2D eigenvalue weighted by Crippen LogP contribution is 2.30. The molecule has 1 N–H and O–H groups in total. The van der Waals surface area contributed by atoms with E-state index in [1.165, 1.54) is 0 Å². The molecule has 0 saturated heterocycles. The normalized spacial score (nSPS) is 16.8. The van der Waals surface area contributed by atoms with Crippen LogP contribution in [0.5, 0.6) is 0 Å². The third-order valence-electron chi connectivity index (χ3n) is 2.91. The van der Waals surface area contributed by atoms with E-state index in [2.05, 4.69) is 5.32 Å². The largest absolute Gasteiger partial charge is 0.416 e. The molecule has 1 aliphatic rings. The van der Waals surface area contributed by atoms with E-state index in [1.54, 1.807) is 6.08 Å². The highest BCUT2D eigenvalue weighted by molar-refractivity contribution is 5.54. The molecule has 0 unspecified atom stereocenters. The molecule has 5 heteroatoms. The standard InChI is InChI=1S/C14H15F4N/c1-9(8-19-13-2-3-13)4-10-5-11(14(16,17)18)7-12(15)6-10/h4-7,13,19H,2-3,8H2,1H3/b9-4-. The Hall–Kier alpha value is -1.36. The summed E-state index contributed by atoms with van der Waals surface area (Å²) in [6.45, 7) is 2.43. The first-order valence-electron chi connectivity index (χ1n) is 6.13. The third-order valence-corrected chi connectivity index (χ3v) is 2.91. The van der Waals surface area contributed by atoms with Crippen LogP contribution in [0.1, 0.15) is 30.9 Å². The molecule has 1 aliphatic carbocycles. The van der Waals surface area contributed by atoms with Crippen LogP contribution in [0, 0.1) is 5.82 Å². The van der Waals surface area contributed by atoms with Gasteiger partial charge in [0.25, 0.3) is 0 Å². The predicted octanol–water partition coefficient (Wildman–Crippen LogP) is 4.00. The second-order valence-corrected chi connectivity index (χ2v) is 4.92. The van der Waals surface area contributed by atoms with Crippen molar-refractivity contribution in [2.45, 2.75) is 32.0 Å². The minimum atomic E-state index is -4.52. The zero-order chi connectivity index (χ0) is 14.0. The molecular formula is C14H15F4N. The molecule has 0 radical (unpaired) electrons. The number of hydrogen-bond acceptors (Lipinski definition) is 1. The van der Waals surface area contributed by atoms with E-state index < -0.39 is 17.6 Å². The topological polar surface area (TPSA) is 12.0 Å². The van der Waals surface area contributed by atoms with Crippen LogP contribution in [0.25, 0.3) is 6.08 Å². The molecule has 2 rings (SSSR count). The Kier molecular flexibility index (Phi) is 3.94. The molecule has 1 nitrogen and oxygen atoms in total. The Balaban J connectivity index is 2.14. The first-order valence-corrected chi connectivity index (χ1v) is 6.13. The minimum absolute atomic E-state index is 0.238. The summed E-state index contributed by atoms with van der Waals surface area (Å²) >= 11 is 0. The molecule has 0 heterocycles. The molecule has 0 aromatic heterocycles. The van der Waals surface area contributed by atoms with Gasteiger partial charge in [-0.05, 0) is 43.5 Å². The van der Waals surface area contributed by atoms with Gasteiger partial charge in [0.05, 0.1) is 5.56 Å². The van der Waals surface area contributed by atoms with Crippen LogP contribution in [-0.2, 0) is 6.18 Å². The zero-order valence-electron chi connectivity index (χ0n) is 10.5. The summed E-state index contributed by atoms with van der Waals surface area (Å²) in [7, 11) is 0. The molecule has 1 aromatic rings. The molecule has 0 spiro atoms. The summed E-state index contributed by atoms with van der Waals surface area (Å²) in [6, 6.07) is 3.11. The van der Waals surface area contributed by atoms with Gasteiger partial charge in [0.15, 0.2) is 0 Å². The Labute approximate surface area is 109 Å². The van der Waals surface area contributed by atoms with E-state index in [0.29, 0.717) is 18.7 Å². The van der Waals surface area contributed by atoms with Gasteiger partial charge in [0, 0.05) is 12.6 Å². The molecule has 19 heavy (non-hydrogen) atoms. The lowest BCUT2D eigenvalue weighted by Gasteiger charge is -2.08. The Bertz CT molecular complexity index is 487. The van der Waals surface area contributed by atoms with Gasteiger partial charge >= 0.3 is 6.18 Å². The van der Waals surface area contributed by atoms with Crippen LogP contribution in [0.4, 0.5) is 17.6 Å². The van der Waals surface area contributed by atoms with Crippen LogP contribution >= 0.6 is 0 Å². The number of benzene rings is 1. The fraction of sp³-hybridized carbons (Fsp3) is 0.429. The second-order valence-electron chi connectivity index (χ2n) is 4.92. The van der Waals surface area contributed by atoms with E-state index in [4.69, 9.17) is 0 Å². The van der Waals surface area contributed by atoms with E-state index in [-0.39, 0.29) is 5.56 Å². The lowest BCUT2D eigenvalue weighted by atomic mass is 10.1. The zero-order valence-corrected chi connectivity index (χ0v) is 10.5. The van der Waals surface area contributed by atoms with E-state index in [0.717, 1.165) is 30.5 Å². The SMILES string of the molecule is C/C(=C/c1cc(F)cc(C(F)(F)F)c1)CNC1CC1. The number of rotatable bonds is 4. The van der Waals surface area contributed by atoms with E-state index in [9.17, 15) is 17.6 Å². The van der Waals surface area contributed by atoms with E-state index >= 15 is 0 Å². The molecule has 0 bridgehead atoms. The highest BCUT2D eigenvalue weighted by atomic mass is 19.4. The van der Waals surface area contributed by atoms with Crippen molar-refractivity contribution in [1.82, 2.24) is 5.32 Å². The van der Waals surface area contributed by atoms with Crippen molar-refractivity contribution in [3.8, 4) is 0 Å². The second kappa shape index (κ2) is 5.33. The summed E-state index contributed by atoms with van der Waals surface area (Å²) in [6.07, 6.45) is -0.657. The van der Waals surface area contributed by atoms with Gasteiger partial charge in [-0.15, -0.1) is 0 Å². The summed E-state index contributed by atoms with van der Waals surface area (Å²) in [5, 5.41) is 3.25. The molecule has 0 aliphatic heterocycles. The summed E-state index contributed by atoms with van der Waals surface area (Å²) in [5.74, 6) is -0.871.